The third-order valence-electron chi connectivity index (χ3n) is 3.35. The number of amides is 1. The second kappa shape index (κ2) is 5.35. The summed E-state index contributed by atoms with van der Waals surface area (Å²) in [5, 5.41) is 2.94. The van der Waals surface area contributed by atoms with Gasteiger partial charge in [-0.05, 0) is 24.7 Å². The maximum Gasteiger partial charge on any atom is 0.236 e. The lowest BCUT2D eigenvalue weighted by molar-refractivity contribution is -0.122. The van der Waals surface area contributed by atoms with E-state index in [1.54, 1.807) is 0 Å². The van der Waals surface area contributed by atoms with E-state index < -0.39 is 0 Å². The predicted octanol–water partition coefficient (Wildman–Crippen LogP) is 1.28. The second-order valence-corrected chi connectivity index (χ2v) is 4.43. The minimum atomic E-state index is -0.327. The fourth-order valence-electron chi connectivity index (χ4n) is 2.07. The smallest absolute Gasteiger partial charge is 0.236 e. The summed E-state index contributed by atoms with van der Waals surface area (Å²) in [6.45, 7) is 5.01. The van der Waals surface area contributed by atoms with Crippen molar-refractivity contribution in [3.8, 4) is 0 Å². The third-order valence-corrected chi connectivity index (χ3v) is 3.35. The lowest BCUT2D eigenvalue weighted by atomic mass is 9.98. The Morgan fingerprint density at radius 2 is 2.29 bits per heavy atom. The maximum absolute atomic E-state index is 11.4. The SMILES string of the molecule is CC[C@H](N)C(=O)NCC1CCCC1C. The van der Waals surface area contributed by atoms with Gasteiger partial charge in [-0.3, -0.25) is 4.79 Å². The molecular formula is C11H22N2O. The first-order valence-corrected chi connectivity index (χ1v) is 5.68. The molecule has 0 aromatic carbocycles. The van der Waals surface area contributed by atoms with Crippen molar-refractivity contribution in [2.75, 3.05) is 6.54 Å². The molecule has 0 aliphatic heterocycles. The number of rotatable bonds is 4. The van der Waals surface area contributed by atoms with E-state index in [-0.39, 0.29) is 11.9 Å². The van der Waals surface area contributed by atoms with Gasteiger partial charge in [-0.2, -0.15) is 0 Å². The molecule has 0 saturated heterocycles. The van der Waals surface area contributed by atoms with Crippen LogP contribution in [0.4, 0.5) is 0 Å². The standard InChI is InChI=1S/C11H22N2O/c1-3-10(12)11(14)13-7-9-6-4-5-8(9)2/h8-10H,3-7,12H2,1-2H3,(H,13,14)/t8?,9?,10-/m0/s1. The van der Waals surface area contributed by atoms with E-state index >= 15 is 0 Å². The highest BCUT2D eigenvalue weighted by Crippen LogP contribution is 2.30. The molecule has 1 aliphatic rings. The van der Waals surface area contributed by atoms with E-state index in [2.05, 4.69) is 12.2 Å². The van der Waals surface area contributed by atoms with Crippen LogP contribution in [0.25, 0.3) is 0 Å². The summed E-state index contributed by atoms with van der Waals surface area (Å²) in [6, 6.07) is -0.327. The van der Waals surface area contributed by atoms with Crippen LogP contribution in [-0.4, -0.2) is 18.5 Å². The molecule has 1 fully saturated rings. The molecule has 1 saturated carbocycles. The van der Waals surface area contributed by atoms with Gasteiger partial charge in [-0.25, -0.2) is 0 Å². The first kappa shape index (κ1) is 11.5. The second-order valence-electron chi connectivity index (χ2n) is 4.43. The Morgan fingerprint density at radius 3 is 2.79 bits per heavy atom. The van der Waals surface area contributed by atoms with E-state index in [4.69, 9.17) is 5.73 Å². The van der Waals surface area contributed by atoms with Gasteiger partial charge in [-0.1, -0.05) is 26.7 Å². The van der Waals surface area contributed by atoms with Gasteiger partial charge in [0.2, 0.25) is 5.91 Å². The van der Waals surface area contributed by atoms with E-state index in [9.17, 15) is 4.79 Å². The van der Waals surface area contributed by atoms with Crippen molar-refractivity contribution in [3.05, 3.63) is 0 Å². The molecule has 1 aliphatic carbocycles. The zero-order valence-electron chi connectivity index (χ0n) is 9.25. The number of carbonyl (C=O) groups excluding carboxylic acids is 1. The quantitative estimate of drug-likeness (QED) is 0.715. The predicted molar refractivity (Wildman–Crippen MR) is 57.8 cm³/mol. The maximum atomic E-state index is 11.4. The van der Waals surface area contributed by atoms with Crippen LogP contribution in [0.15, 0.2) is 0 Å². The molecule has 0 spiro atoms. The average molecular weight is 198 g/mol. The van der Waals surface area contributed by atoms with Crippen LogP contribution in [0.2, 0.25) is 0 Å². The van der Waals surface area contributed by atoms with Crippen molar-refractivity contribution in [2.24, 2.45) is 17.6 Å². The molecule has 1 amide bonds. The summed E-state index contributed by atoms with van der Waals surface area (Å²) in [5.41, 5.74) is 5.62. The first-order valence-electron chi connectivity index (χ1n) is 5.68. The van der Waals surface area contributed by atoms with Crippen LogP contribution in [0.5, 0.6) is 0 Å². The molecule has 82 valence electrons. The van der Waals surface area contributed by atoms with Gasteiger partial charge in [0.1, 0.15) is 0 Å². The normalized spacial score (nSPS) is 28.8. The summed E-state index contributed by atoms with van der Waals surface area (Å²) >= 11 is 0. The zero-order chi connectivity index (χ0) is 10.6. The molecule has 3 heteroatoms. The van der Waals surface area contributed by atoms with Gasteiger partial charge in [-0.15, -0.1) is 0 Å². The monoisotopic (exact) mass is 198 g/mol. The Labute approximate surface area is 86.4 Å². The molecule has 3 N–H and O–H groups in total. The molecule has 0 heterocycles. The fraction of sp³-hybridized carbons (Fsp3) is 0.909. The molecule has 0 aromatic rings. The Hall–Kier alpha value is -0.570. The van der Waals surface area contributed by atoms with Crippen molar-refractivity contribution < 1.29 is 4.79 Å². The Morgan fingerprint density at radius 1 is 1.57 bits per heavy atom. The lowest BCUT2D eigenvalue weighted by Crippen LogP contribution is -2.42. The van der Waals surface area contributed by atoms with Crippen molar-refractivity contribution in [1.29, 1.82) is 0 Å². The van der Waals surface area contributed by atoms with Crippen molar-refractivity contribution in [3.63, 3.8) is 0 Å². The molecule has 1 rings (SSSR count). The van der Waals surface area contributed by atoms with E-state index in [1.807, 2.05) is 6.92 Å². The van der Waals surface area contributed by atoms with Gasteiger partial charge in [0.25, 0.3) is 0 Å². The molecule has 2 unspecified atom stereocenters. The number of carbonyl (C=O) groups is 1. The van der Waals surface area contributed by atoms with Gasteiger partial charge in [0.15, 0.2) is 0 Å². The highest BCUT2D eigenvalue weighted by molar-refractivity contribution is 5.81. The summed E-state index contributed by atoms with van der Waals surface area (Å²) in [7, 11) is 0. The van der Waals surface area contributed by atoms with Crippen molar-refractivity contribution in [1.82, 2.24) is 5.32 Å². The lowest BCUT2D eigenvalue weighted by Gasteiger charge is -2.17. The molecule has 0 bridgehead atoms. The van der Waals surface area contributed by atoms with E-state index in [1.165, 1.54) is 19.3 Å². The number of nitrogens with one attached hydrogen (secondary N) is 1. The summed E-state index contributed by atoms with van der Waals surface area (Å²) < 4.78 is 0. The molecule has 3 nitrogen and oxygen atoms in total. The molecule has 3 atom stereocenters. The largest absolute Gasteiger partial charge is 0.354 e. The van der Waals surface area contributed by atoms with Crippen LogP contribution in [0.1, 0.15) is 39.5 Å². The van der Waals surface area contributed by atoms with Gasteiger partial charge in [0.05, 0.1) is 6.04 Å². The Bertz CT molecular complexity index is 194. The van der Waals surface area contributed by atoms with Gasteiger partial charge >= 0.3 is 0 Å². The summed E-state index contributed by atoms with van der Waals surface area (Å²) in [4.78, 5) is 11.4. The summed E-state index contributed by atoms with van der Waals surface area (Å²) in [6.07, 6.45) is 4.58. The highest BCUT2D eigenvalue weighted by atomic mass is 16.2. The summed E-state index contributed by atoms with van der Waals surface area (Å²) in [5.74, 6) is 1.43. The topological polar surface area (TPSA) is 55.1 Å². The van der Waals surface area contributed by atoms with Crippen LogP contribution < -0.4 is 11.1 Å². The van der Waals surface area contributed by atoms with E-state index in [0.717, 1.165) is 12.5 Å². The number of nitrogens with two attached hydrogens (primary N) is 1. The third kappa shape index (κ3) is 2.98. The first-order chi connectivity index (χ1) is 6.65. The van der Waals surface area contributed by atoms with Crippen LogP contribution in [0.3, 0.4) is 0 Å². The van der Waals surface area contributed by atoms with Gasteiger partial charge < -0.3 is 11.1 Å². The molecule has 0 aromatic heterocycles. The average Bonchev–Trinajstić information content (AvgIpc) is 2.59. The number of hydrogen-bond acceptors (Lipinski definition) is 2. The molecule has 0 radical (unpaired) electrons. The minimum Gasteiger partial charge on any atom is -0.354 e. The Balaban J connectivity index is 2.22. The van der Waals surface area contributed by atoms with Gasteiger partial charge in [0, 0.05) is 6.54 Å². The van der Waals surface area contributed by atoms with E-state index in [0.29, 0.717) is 12.3 Å². The zero-order valence-corrected chi connectivity index (χ0v) is 9.25. The van der Waals surface area contributed by atoms with Crippen LogP contribution in [0, 0.1) is 11.8 Å². The fourth-order valence-corrected chi connectivity index (χ4v) is 2.07. The molecular weight excluding hydrogens is 176 g/mol. The minimum absolute atomic E-state index is 0.00611. The van der Waals surface area contributed by atoms with Crippen LogP contribution >= 0.6 is 0 Å². The van der Waals surface area contributed by atoms with Crippen LogP contribution in [-0.2, 0) is 4.79 Å². The van der Waals surface area contributed by atoms with Crippen molar-refractivity contribution >= 4 is 5.91 Å². The Kier molecular flexibility index (Phi) is 4.39. The molecule has 14 heavy (non-hydrogen) atoms. The van der Waals surface area contributed by atoms with Crippen molar-refractivity contribution in [2.45, 2.75) is 45.6 Å². The highest BCUT2D eigenvalue weighted by Gasteiger charge is 2.24. The number of hydrogen-bond donors (Lipinski definition) is 2.